The summed E-state index contributed by atoms with van der Waals surface area (Å²) in [6.07, 6.45) is 3.71. The van der Waals surface area contributed by atoms with Crippen LogP contribution < -0.4 is 0 Å². The number of benzene rings is 1. The largest absolute Gasteiger partial charge is 0.294 e. The van der Waals surface area contributed by atoms with Crippen molar-refractivity contribution in [1.29, 1.82) is 0 Å². The highest BCUT2D eigenvalue weighted by Crippen LogP contribution is 2.20. The third-order valence-electron chi connectivity index (χ3n) is 2.36. The lowest BCUT2D eigenvalue weighted by Crippen LogP contribution is -2.06. The fourth-order valence-corrected chi connectivity index (χ4v) is 2.76. The normalized spacial score (nSPS) is 10.4. The Morgan fingerprint density at radius 3 is 2.83 bits per heavy atom. The molecule has 2 nitrogen and oxygen atoms in total. The van der Waals surface area contributed by atoms with E-state index >= 15 is 0 Å². The Balaban J connectivity index is 2.24. The van der Waals surface area contributed by atoms with E-state index in [0.717, 1.165) is 13.6 Å². The Hall–Kier alpha value is -0.460. The number of pyridine rings is 1. The van der Waals surface area contributed by atoms with Gasteiger partial charge in [0.25, 0.3) is 0 Å². The molecule has 0 aliphatic heterocycles. The maximum absolute atomic E-state index is 12.2. The molecule has 92 valence electrons. The van der Waals surface area contributed by atoms with E-state index in [9.17, 15) is 4.79 Å². The fraction of sp³-hybridized carbons (Fsp3) is 0.0769. The van der Waals surface area contributed by atoms with E-state index in [-0.39, 0.29) is 5.78 Å². The molecule has 0 atom stereocenters. The number of carbonyl (C=O) groups is 1. The molecule has 0 N–H and O–H groups in total. The summed E-state index contributed by atoms with van der Waals surface area (Å²) in [5, 5.41) is 0.575. The van der Waals surface area contributed by atoms with Crippen LogP contribution in [0.15, 0.2) is 41.1 Å². The Morgan fingerprint density at radius 2 is 2.11 bits per heavy atom. The SMILES string of the molecule is O=C(Cc1cncc(Br)c1)c1cc(Cl)ccc1I. The first-order chi connectivity index (χ1) is 8.56. The van der Waals surface area contributed by atoms with Crippen molar-refractivity contribution < 1.29 is 4.79 Å². The average molecular weight is 436 g/mol. The topological polar surface area (TPSA) is 30.0 Å². The number of aromatic nitrogens is 1. The predicted octanol–water partition coefficient (Wildman–Crippen LogP) is 4.53. The highest BCUT2D eigenvalue weighted by Gasteiger charge is 2.11. The van der Waals surface area contributed by atoms with E-state index in [0.29, 0.717) is 17.0 Å². The van der Waals surface area contributed by atoms with Gasteiger partial charge in [0.15, 0.2) is 5.78 Å². The maximum atomic E-state index is 12.2. The van der Waals surface area contributed by atoms with Crippen LogP contribution in [-0.4, -0.2) is 10.8 Å². The molecule has 0 amide bonds. The van der Waals surface area contributed by atoms with E-state index in [2.05, 4.69) is 43.5 Å². The van der Waals surface area contributed by atoms with Crippen LogP contribution in [0.2, 0.25) is 5.02 Å². The van der Waals surface area contributed by atoms with Crippen LogP contribution >= 0.6 is 50.1 Å². The second kappa shape index (κ2) is 6.12. The fourth-order valence-electron chi connectivity index (χ4n) is 1.54. The molecule has 2 rings (SSSR count). The Bertz CT molecular complexity index is 603. The maximum Gasteiger partial charge on any atom is 0.168 e. The third-order valence-corrected chi connectivity index (χ3v) is 3.96. The molecular weight excluding hydrogens is 428 g/mol. The van der Waals surface area contributed by atoms with E-state index in [1.165, 1.54) is 0 Å². The summed E-state index contributed by atoms with van der Waals surface area (Å²) in [7, 11) is 0. The zero-order chi connectivity index (χ0) is 13.1. The van der Waals surface area contributed by atoms with Gasteiger partial charge in [0.1, 0.15) is 0 Å². The molecule has 2 aromatic rings. The predicted molar refractivity (Wildman–Crippen MR) is 84.1 cm³/mol. The minimum absolute atomic E-state index is 0.0433. The molecule has 0 saturated heterocycles. The van der Waals surface area contributed by atoms with Gasteiger partial charge in [-0.1, -0.05) is 11.6 Å². The molecule has 18 heavy (non-hydrogen) atoms. The minimum Gasteiger partial charge on any atom is -0.294 e. The zero-order valence-electron chi connectivity index (χ0n) is 9.16. The number of nitrogens with zero attached hydrogens (tertiary/aromatic N) is 1. The van der Waals surface area contributed by atoms with E-state index in [1.807, 2.05) is 12.1 Å². The van der Waals surface area contributed by atoms with Gasteiger partial charge in [-0.05, 0) is 68.3 Å². The summed E-state index contributed by atoms with van der Waals surface area (Å²) in [6.45, 7) is 0. The smallest absolute Gasteiger partial charge is 0.168 e. The molecule has 1 aromatic heterocycles. The minimum atomic E-state index is 0.0433. The molecule has 1 heterocycles. The third kappa shape index (κ3) is 3.52. The number of carbonyl (C=O) groups excluding carboxylic acids is 1. The van der Waals surface area contributed by atoms with E-state index < -0.39 is 0 Å². The molecule has 1 aromatic carbocycles. The van der Waals surface area contributed by atoms with E-state index in [1.54, 1.807) is 24.5 Å². The van der Waals surface area contributed by atoms with Crippen molar-refractivity contribution in [2.75, 3.05) is 0 Å². The molecule has 0 aliphatic carbocycles. The second-order valence-electron chi connectivity index (χ2n) is 3.74. The van der Waals surface area contributed by atoms with Gasteiger partial charge in [-0.2, -0.15) is 0 Å². The lowest BCUT2D eigenvalue weighted by Gasteiger charge is -2.05. The number of rotatable bonds is 3. The number of ketones is 1. The number of hydrogen-bond donors (Lipinski definition) is 0. The Labute approximate surface area is 132 Å². The van der Waals surface area contributed by atoms with Gasteiger partial charge in [-0.3, -0.25) is 9.78 Å². The highest BCUT2D eigenvalue weighted by atomic mass is 127. The first kappa shape index (κ1) is 14.0. The number of Topliss-reactive ketones (excluding diaryl/α,β-unsaturated/α-hetero) is 1. The van der Waals surface area contributed by atoms with Crippen LogP contribution in [0.4, 0.5) is 0 Å². The molecule has 5 heteroatoms. The molecule has 0 spiro atoms. The summed E-state index contributed by atoms with van der Waals surface area (Å²) in [5.74, 6) is 0.0433. The molecular formula is C13H8BrClINO. The molecule has 0 fully saturated rings. The highest BCUT2D eigenvalue weighted by molar-refractivity contribution is 14.1. The van der Waals surface area contributed by atoms with Gasteiger partial charge in [0.2, 0.25) is 0 Å². The van der Waals surface area contributed by atoms with Crippen LogP contribution in [0.3, 0.4) is 0 Å². The van der Waals surface area contributed by atoms with Crippen molar-refractivity contribution >= 4 is 55.9 Å². The van der Waals surface area contributed by atoms with Crippen LogP contribution in [0.1, 0.15) is 15.9 Å². The first-order valence-corrected chi connectivity index (χ1v) is 7.39. The average Bonchev–Trinajstić information content (AvgIpc) is 2.32. The lowest BCUT2D eigenvalue weighted by atomic mass is 10.0. The molecule has 0 unspecified atom stereocenters. The van der Waals surface area contributed by atoms with Crippen molar-refractivity contribution in [2.24, 2.45) is 0 Å². The summed E-state index contributed by atoms with van der Waals surface area (Å²) in [5.41, 5.74) is 1.54. The van der Waals surface area contributed by atoms with Crippen molar-refractivity contribution in [3.05, 3.63) is 60.9 Å². The quantitative estimate of drug-likeness (QED) is 0.523. The number of hydrogen-bond acceptors (Lipinski definition) is 2. The van der Waals surface area contributed by atoms with Gasteiger partial charge in [0, 0.05) is 37.4 Å². The first-order valence-electron chi connectivity index (χ1n) is 5.14. The van der Waals surface area contributed by atoms with Crippen molar-refractivity contribution in [3.63, 3.8) is 0 Å². The standard InChI is InChI=1S/C13H8BrClINO/c14-9-3-8(6-17-7-9)4-13(18)11-5-10(15)1-2-12(11)16/h1-3,5-7H,4H2. The van der Waals surface area contributed by atoms with Gasteiger partial charge in [-0.25, -0.2) is 0 Å². The molecule has 0 bridgehead atoms. The number of halogens is 3. The van der Waals surface area contributed by atoms with Crippen LogP contribution in [0, 0.1) is 3.57 Å². The summed E-state index contributed by atoms with van der Waals surface area (Å²) < 4.78 is 1.78. The zero-order valence-corrected chi connectivity index (χ0v) is 13.7. The summed E-state index contributed by atoms with van der Waals surface area (Å²) in [4.78, 5) is 16.2. The van der Waals surface area contributed by atoms with Gasteiger partial charge in [0.05, 0.1) is 0 Å². The van der Waals surface area contributed by atoms with Gasteiger partial charge in [-0.15, -0.1) is 0 Å². The molecule has 0 radical (unpaired) electrons. The van der Waals surface area contributed by atoms with Crippen LogP contribution in [0.5, 0.6) is 0 Å². The molecule has 0 aliphatic rings. The van der Waals surface area contributed by atoms with Crippen molar-refractivity contribution in [1.82, 2.24) is 4.98 Å². The van der Waals surface area contributed by atoms with Crippen molar-refractivity contribution in [3.8, 4) is 0 Å². The van der Waals surface area contributed by atoms with Crippen LogP contribution in [-0.2, 0) is 6.42 Å². The summed E-state index contributed by atoms with van der Waals surface area (Å²) >= 11 is 11.4. The van der Waals surface area contributed by atoms with Gasteiger partial charge < -0.3 is 0 Å². The summed E-state index contributed by atoms with van der Waals surface area (Å²) in [6, 6.07) is 7.22. The Kier molecular flexibility index (Phi) is 4.75. The second-order valence-corrected chi connectivity index (χ2v) is 6.25. The van der Waals surface area contributed by atoms with Crippen LogP contribution in [0.25, 0.3) is 0 Å². The van der Waals surface area contributed by atoms with Crippen molar-refractivity contribution in [2.45, 2.75) is 6.42 Å². The lowest BCUT2D eigenvalue weighted by molar-refractivity contribution is 0.0992. The monoisotopic (exact) mass is 435 g/mol. The molecule has 0 saturated carbocycles. The van der Waals surface area contributed by atoms with Gasteiger partial charge >= 0.3 is 0 Å². The van der Waals surface area contributed by atoms with E-state index in [4.69, 9.17) is 11.6 Å². The Morgan fingerprint density at radius 1 is 1.33 bits per heavy atom.